The minimum absolute atomic E-state index is 0.0544. The highest BCUT2D eigenvalue weighted by Crippen LogP contribution is 2.28. The number of hydrogen-bond acceptors (Lipinski definition) is 4. The van der Waals surface area contributed by atoms with Gasteiger partial charge in [0.1, 0.15) is 0 Å². The number of benzene rings is 1. The molecule has 3 nitrogen and oxygen atoms in total. The van der Waals surface area contributed by atoms with Crippen LogP contribution in [0.3, 0.4) is 0 Å². The van der Waals surface area contributed by atoms with Crippen molar-refractivity contribution in [1.82, 2.24) is 10.3 Å². The Balaban J connectivity index is 1.57. The number of carbonyl (C=O) groups excluding carboxylic acids is 1. The summed E-state index contributed by atoms with van der Waals surface area (Å²) in [5.74, 6) is 0.0544. The topological polar surface area (TPSA) is 42.0 Å². The second kappa shape index (κ2) is 7.06. The predicted molar refractivity (Wildman–Crippen MR) is 96.9 cm³/mol. The standard InChI is InChI=1S/C18H18N2OS2/c1-12-5-3-4-6-14(12)9-18(21)19-10-15-7-8-17(23-15)16-11-22-13(2)20-16/h3-8,11H,9-10H2,1-2H3,(H,19,21). The maximum atomic E-state index is 12.1. The first-order chi connectivity index (χ1) is 11.1. The van der Waals surface area contributed by atoms with Crippen molar-refractivity contribution in [2.24, 2.45) is 0 Å². The molecule has 3 aromatic rings. The minimum Gasteiger partial charge on any atom is -0.351 e. The van der Waals surface area contributed by atoms with Crippen molar-refractivity contribution in [3.63, 3.8) is 0 Å². The van der Waals surface area contributed by atoms with E-state index >= 15 is 0 Å². The maximum absolute atomic E-state index is 12.1. The molecule has 1 amide bonds. The van der Waals surface area contributed by atoms with E-state index in [0.29, 0.717) is 13.0 Å². The summed E-state index contributed by atoms with van der Waals surface area (Å²) < 4.78 is 0. The molecular weight excluding hydrogens is 324 g/mol. The van der Waals surface area contributed by atoms with Gasteiger partial charge in [-0.1, -0.05) is 24.3 Å². The Bertz CT molecular complexity index is 820. The Hall–Kier alpha value is -1.98. The number of thiophene rings is 1. The molecule has 0 saturated heterocycles. The first kappa shape index (κ1) is 15.9. The molecule has 0 unspecified atom stereocenters. The van der Waals surface area contributed by atoms with Gasteiger partial charge in [-0.05, 0) is 37.1 Å². The van der Waals surface area contributed by atoms with Gasteiger partial charge in [0.25, 0.3) is 0 Å². The number of nitrogens with zero attached hydrogens (tertiary/aromatic N) is 1. The smallest absolute Gasteiger partial charge is 0.224 e. The van der Waals surface area contributed by atoms with Crippen molar-refractivity contribution in [1.29, 1.82) is 0 Å². The van der Waals surface area contributed by atoms with E-state index in [1.54, 1.807) is 22.7 Å². The molecule has 0 aliphatic rings. The van der Waals surface area contributed by atoms with Gasteiger partial charge in [-0.2, -0.15) is 0 Å². The second-order valence-electron chi connectivity index (χ2n) is 5.40. The van der Waals surface area contributed by atoms with Crippen LogP contribution in [0, 0.1) is 13.8 Å². The molecule has 0 aliphatic heterocycles. The highest BCUT2D eigenvalue weighted by atomic mass is 32.1. The Labute approximate surface area is 144 Å². The molecular formula is C18H18N2OS2. The third-order valence-electron chi connectivity index (χ3n) is 3.61. The van der Waals surface area contributed by atoms with E-state index in [2.05, 4.69) is 27.8 Å². The molecule has 0 bridgehead atoms. The Morgan fingerprint density at radius 1 is 1.17 bits per heavy atom. The number of thiazole rings is 1. The third-order valence-corrected chi connectivity index (χ3v) is 5.49. The van der Waals surface area contributed by atoms with Crippen molar-refractivity contribution >= 4 is 28.6 Å². The van der Waals surface area contributed by atoms with Gasteiger partial charge in [-0.3, -0.25) is 4.79 Å². The number of carbonyl (C=O) groups is 1. The predicted octanol–water partition coefficient (Wildman–Crippen LogP) is 4.35. The van der Waals surface area contributed by atoms with Crippen LogP contribution in [0.15, 0.2) is 41.8 Å². The van der Waals surface area contributed by atoms with Crippen molar-refractivity contribution in [2.75, 3.05) is 0 Å². The lowest BCUT2D eigenvalue weighted by atomic mass is 10.1. The van der Waals surface area contributed by atoms with Gasteiger partial charge in [0.15, 0.2) is 0 Å². The second-order valence-corrected chi connectivity index (χ2v) is 7.63. The fraction of sp³-hybridized carbons (Fsp3) is 0.222. The van der Waals surface area contributed by atoms with Crippen molar-refractivity contribution in [3.05, 3.63) is 62.8 Å². The number of hydrogen-bond donors (Lipinski definition) is 1. The summed E-state index contributed by atoms with van der Waals surface area (Å²) in [6.45, 7) is 4.61. The molecule has 2 heterocycles. The molecule has 3 rings (SSSR count). The summed E-state index contributed by atoms with van der Waals surface area (Å²) in [6.07, 6.45) is 0.427. The van der Waals surface area contributed by atoms with Gasteiger partial charge >= 0.3 is 0 Å². The Morgan fingerprint density at radius 3 is 2.74 bits per heavy atom. The van der Waals surface area contributed by atoms with Crippen LogP contribution in [0.1, 0.15) is 21.0 Å². The van der Waals surface area contributed by atoms with Crippen LogP contribution in [0.4, 0.5) is 0 Å². The molecule has 0 atom stereocenters. The summed E-state index contributed by atoms with van der Waals surface area (Å²) in [7, 11) is 0. The highest BCUT2D eigenvalue weighted by molar-refractivity contribution is 7.16. The highest BCUT2D eigenvalue weighted by Gasteiger charge is 2.08. The number of nitrogens with one attached hydrogen (secondary N) is 1. The van der Waals surface area contributed by atoms with Crippen molar-refractivity contribution < 1.29 is 4.79 Å². The molecule has 0 aliphatic carbocycles. The molecule has 23 heavy (non-hydrogen) atoms. The fourth-order valence-electron chi connectivity index (χ4n) is 2.32. The quantitative estimate of drug-likeness (QED) is 0.749. The first-order valence-electron chi connectivity index (χ1n) is 7.44. The average molecular weight is 342 g/mol. The van der Waals surface area contributed by atoms with Gasteiger partial charge in [0.2, 0.25) is 5.91 Å². The van der Waals surface area contributed by atoms with E-state index in [1.165, 1.54) is 0 Å². The van der Waals surface area contributed by atoms with Gasteiger partial charge in [0.05, 0.1) is 28.5 Å². The summed E-state index contributed by atoms with van der Waals surface area (Å²) in [5, 5.41) is 6.14. The number of rotatable bonds is 5. The van der Waals surface area contributed by atoms with E-state index in [1.807, 2.05) is 38.1 Å². The van der Waals surface area contributed by atoms with E-state index < -0.39 is 0 Å². The van der Waals surface area contributed by atoms with E-state index in [-0.39, 0.29) is 5.91 Å². The molecule has 0 radical (unpaired) electrons. The zero-order valence-electron chi connectivity index (χ0n) is 13.1. The Morgan fingerprint density at radius 2 is 2.00 bits per heavy atom. The van der Waals surface area contributed by atoms with Gasteiger partial charge in [0, 0.05) is 10.3 Å². The first-order valence-corrected chi connectivity index (χ1v) is 9.14. The van der Waals surface area contributed by atoms with E-state index in [4.69, 9.17) is 0 Å². The lowest BCUT2D eigenvalue weighted by Gasteiger charge is -2.06. The van der Waals surface area contributed by atoms with Crippen LogP contribution < -0.4 is 5.32 Å². The van der Waals surface area contributed by atoms with Crippen LogP contribution in [0.25, 0.3) is 10.6 Å². The fourth-order valence-corrected chi connectivity index (χ4v) is 3.91. The van der Waals surface area contributed by atoms with Crippen molar-refractivity contribution in [3.8, 4) is 10.6 Å². The molecule has 118 valence electrons. The zero-order valence-corrected chi connectivity index (χ0v) is 14.8. The minimum atomic E-state index is 0.0544. The summed E-state index contributed by atoms with van der Waals surface area (Å²) in [4.78, 5) is 18.9. The van der Waals surface area contributed by atoms with Crippen LogP contribution in [0.2, 0.25) is 0 Å². The van der Waals surface area contributed by atoms with Crippen LogP contribution in [-0.4, -0.2) is 10.9 Å². The van der Waals surface area contributed by atoms with E-state index in [9.17, 15) is 4.79 Å². The third kappa shape index (κ3) is 4.06. The summed E-state index contributed by atoms with van der Waals surface area (Å²) in [5.41, 5.74) is 3.25. The Kier molecular flexibility index (Phi) is 4.88. The molecule has 2 aromatic heterocycles. The lowest BCUT2D eigenvalue weighted by molar-refractivity contribution is -0.120. The molecule has 5 heteroatoms. The largest absolute Gasteiger partial charge is 0.351 e. The summed E-state index contributed by atoms with van der Waals surface area (Å²) >= 11 is 3.34. The van der Waals surface area contributed by atoms with Gasteiger partial charge in [-0.15, -0.1) is 22.7 Å². The van der Waals surface area contributed by atoms with Crippen LogP contribution >= 0.6 is 22.7 Å². The summed E-state index contributed by atoms with van der Waals surface area (Å²) in [6, 6.07) is 12.1. The number of aryl methyl sites for hydroxylation is 2. The average Bonchev–Trinajstić information content (AvgIpc) is 3.16. The number of amides is 1. The maximum Gasteiger partial charge on any atom is 0.224 e. The van der Waals surface area contributed by atoms with E-state index in [0.717, 1.165) is 31.6 Å². The zero-order chi connectivity index (χ0) is 16.2. The molecule has 0 saturated carbocycles. The molecule has 0 spiro atoms. The van der Waals surface area contributed by atoms with Gasteiger partial charge in [-0.25, -0.2) is 4.98 Å². The van der Waals surface area contributed by atoms with Crippen molar-refractivity contribution in [2.45, 2.75) is 26.8 Å². The molecule has 1 N–H and O–H groups in total. The monoisotopic (exact) mass is 342 g/mol. The lowest BCUT2D eigenvalue weighted by Crippen LogP contribution is -2.24. The normalized spacial score (nSPS) is 10.7. The molecule has 0 fully saturated rings. The van der Waals surface area contributed by atoms with Crippen LogP contribution in [-0.2, 0) is 17.8 Å². The van der Waals surface area contributed by atoms with Crippen LogP contribution in [0.5, 0.6) is 0 Å². The molecule has 1 aromatic carbocycles. The van der Waals surface area contributed by atoms with Gasteiger partial charge < -0.3 is 5.32 Å². The number of aromatic nitrogens is 1. The SMILES string of the molecule is Cc1nc(-c2ccc(CNC(=O)Cc3ccccc3C)s2)cs1.